The van der Waals surface area contributed by atoms with Crippen molar-refractivity contribution in [2.75, 3.05) is 21.2 Å². The van der Waals surface area contributed by atoms with Gasteiger partial charge in [0.05, 0.1) is 12.7 Å². The van der Waals surface area contributed by atoms with Crippen LogP contribution < -0.4 is 14.2 Å². The van der Waals surface area contributed by atoms with Crippen LogP contribution in [0.1, 0.15) is 15.9 Å². The molecule has 0 aliphatic carbocycles. The Morgan fingerprint density at radius 2 is 1.92 bits per heavy atom. The van der Waals surface area contributed by atoms with Crippen LogP contribution in [0.5, 0.6) is 17.2 Å². The third-order valence-corrected chi connectivity index (χ3v) is 3.65. The molecule has 25 heavy (non-hydrogen) atoms. The lowest BCUT2D eigenvalue weighted by atomic mass is 10.1. The number of Topliss-reactive ketones (excluding diaryl/α,β-unsaturated/α-hetero) is 1. The van der Waals surface area contributed by atoms with Crippen molar-refractivity contribution in [2.24, 2.45) is 0 Å². The first-order valence-corrected chi connectivity index (χ1v) is 7.60. The Morgan fingerprint density at radius 1 is 1.16 bits per heavy atom. The number of para-hydroxylation sites is 1. The summed E-state index contributed by atoms with van der Waals surface area (Å²) in [7, 11) is 4.73. The number of rotatable bonds is 3. The van der Waals surface area contributed by atoms with Crippen LogP contribution in [-0.4, -0.2) is 38.0 Å². The smallest absolute Gasteiger partial charge is 0.414 e. The molecule has 2 aromatic carbocycles. The van der Waals surface area contributed by atoms with Gasteiger partial charge in [-0.1, -0.05) is 18.2 Å². The van der Waals surface area contributed by atoms with Crippen molar-refractivity contribution >= 4 is 18.0 Å². The van der Waals surface area contributed by atoms with E-state index in [1.54, 1.807) is 69.7 Å². The Kier molecular flexibility index (Phi) is 4.43. The molecule has 0 radical (unpaired) electrons. The molecular weight excluding hydrogens is 322 g/mol. The average molecular weight is 339 g/mol. The minimum atomic E-state index is -0.502. The van der Waals surface area contributed by atoms with Gasteiger partial charge >= 0.3 is 6.09 Å². The fraction of sp³-hybridized carbons (Fsp3) is 0.158. The first-order valence-electron chi connectivity index (χ1n) is 7.60. The Bertz CT molecular complexity index is 870. The number of ketones is 1. The van der Waals surface area contributed by atoms with Gasteiger partial charge in [0.25, 0.3) is 0 Å². The second-order valence-electron chi connectivity index (χ2n) is 5.60. The van der Waals surface area contributed by atoms with Crippen LogP contribution in [0.2, 0.25) is 0 Å². The van der Waals surface area contributed by atoms with E-state index in [-0.39, 0.29) is 11.5 Å². The number of carbonyl (C=O) groups is 2. The van der Waals surface area contributed by atoms with Gasteiger partial charge in [0, 0.05) is 25.7 Å². The van der Waals surface area contributed by atoms with Gasteiger partial charge in [0.1, 0.15) is 17.2 Å². The number of ether oxygens (including phenoxy) is 3. The van der Waals surface area contributed by atoms with Crippen LogP contribution in [0.4, 0.5) is 4.79 Å². The van der Waals surface area contributed by atoms with Crippen LogP contribution in [0, 0.1) is 0 Å². The second kappa shape index (κ2) is 6.68. The van der Waals surface area contributed by atoms with Gasteiger partial charge in [-0.2, -0.15) is 0 Å². The third-order valence-electron chi connectivity index (χ3n) is 3.65. The number of amides is 1. The fourth-order valence-electron chi connectivity index (χ4n) is 2.31. The number of carbonyl (C=O) groups excluding carboxylic acids is 2. The maximum atomic E-state index is 12.5. The van der Waals surface area contributed by atoms with Crippen LogP contribution in [-0.2, 0) is 0 Å². The number of methoxy groups -OCH3 is 1. The molecule has 1 heterocycles. The summed E-state index contributed by atoms with van der Waals surface area (Å²) >= 11 is 0. The van der Waals surface area contributed by atoms with Crippen LogP contribution in [0.15, 0.2) is 48.2 Å². The highest BCUT2D eigenvalue weighted by molar-refractivity contribution is 6.14. The first kappa shape index (κ1) is 16.6. The molecule has 0 saturated carbocycles. The highest BCUT2D eigenvalue weighted by Crippen LogP contribution is 2.35. The van der Waals surface area contributed by atoms with Crippen molar-refractivity contribution in [2.45, 2.75) is 0 Å². The molecule has 3 rings (SSSR count). The zero-order chi connectivity index (χ0) is 18.0. The zero-order valence-electron chi connectivity index (χ0n) is 14.1. The topological polar surface area (TPSA) is 65.1 Å². The number of benzene rings is 2. The summed E-state index contributed by atoms with van der Waals surface area (Å²) in [5.41, 5.74) is 1.04. The summed E-state index contributed by atoms with van der Waals surface area (Å²) in [6.45, 7) is 0. The van der Waals surface area contributed by atoms with E-state index in [0.29, 0.717) is 28.4 Å². The van der Waals surface area contributed by atoms with Crippen molar-refractivity contribution in [3.05, 3.63) is 59.4 Å². The predicted molar refractivity (Wildman–Crippen MR) is 92.1 cm³/mol. The molecular formula is C19H17NO5. The summed E-state index contributed by atoms with van der Waals surface area (Å²) in [6.07, 6.45) is 1.06. The fourth-order valence-corrected chi connectivity index (χ4v) is 2.31. The molecule has 0 spiro atoms. The second-order valence-corrected chi connectivity index (χ2v) is 5.60. The van der Waals surface area contributed by atoms with Crippen LogP contribution in [0.25, 0.3) is 6.08 Å². The number of allylic oxidation sites excluding steroid dienone is 1. The maximum absolute atomic E-state index is 12.5. The van der Waals surface area contributed by atoms with E-state index in [9.17, 15) is 9.59 Å². The van der Waals surface area contributed by atoms with E-state index < -0.39 is 6.09 Å². The van der Waals surface area contributed by atoms with E-state index >= 15 is 0 Å². The van der Waals surface area contributed by atoms with E-state index in [1.807, 2.05) is 0 Å². The molecule has 0 N–H and O–H groups in total. The molecule has 6 nitrogen and oxygen atoms in total. The standard InChI is InChI=1S/C19H17NO5/c1-20(2)19(22)25-15-7-5-4-6-12(15)10-17-18(21)14-9-8-13(23-3)11-16(14)24-17/h4-11H,1-3H3/b17-10-. The normalized spacial score (nSPS) is 14.0. The summed E-state index contributed by atoms with van der Waals surface area (Å²) in [4.78, 5) is 25.6. The SMILES string of the molecule is COc1ccc2c(c1)O/C(=C\c1ccccc1OC(=O)N(C)C)C2=O. The largest absolute Gasteiger partial charge is 0.497 e. The van der Waals surface area contributed by atoms with Crippen molar-refractivity contribution in [3.63, 3.8) is 0 Å². The van der Waals surface area contributed by atoms with Crippen molar-refractivity contribution in [3.8, 4) is 17.2 Å². The molecule has 1 amide bonds. The number of nitrogens with zero attached hydrogens (tertiary/aromatic N) is 1. The minimum absolute atomic E-state index is 0.164. The number of fused-ring (bicyclic) bond motifs is 1. The lowest BCUT2D eigenvalue weighted by Crippen LogP contribution is -2.25. The molecule has 1 aliphatic heterocycles. The zero-order valence-corrected chi connectivity index (χ0v) is 14.1. The molecule has 1 aliphatic rings. The van der Waals surface area contributed by atoms with E-state index in [4.69, 9.17) is 14.2 Å². The van der Waals surface area contributed by atoms with Gasteiger partial charge in [-0.15, -0.1) is 0 Å². The van der Waals surface area contributed by atoms with E-state index in [1.165, 1.54) is 4.90 Å². The first-order chi connectivity index (χ1) is 12.0. The Labute approximate surface area is 145 Å². The van der Waals surface area contributed by atoms with Crippen LogP contribution in [0.3, 0.4) is 0 Å². The predicted octanol–water partition coefficient (Wildman–Crippen LogP) is 3.37. The average Bonchev–Trinajstić information content (AvgIpc) is 2.91. The molecule has 6 heteroatoms. The molecule has 0 fully saturated rings. The van der Waals surface area contributed by atoms with E-state index in [0.717, 1.165) is 0 Å². The van der Waals surface area contributed by atoms with Crippen molar-refractivity contribution < 1.29 is 23.8 Å². The third kappa shape index (κ3) is 3.33. The minimum Gasteiger partial charge on any atom is -0.497 e. The highest BCUT2D eigenvalue weighted by atomic mass is 16.6. The maximum Gasteiger partial charge on any atom is 0.414 e. The number of hydrogen-bond acceptors (Lipinski definition) is 5. The van der Waals surface area contributed by atoms with E-state index in [2.05, 4.69) is 0 Å². The number of hydrogen-bond donors (Lipinski definition) is 0. The van der Waals surface area contributed by atoms with Gasteiger partial charge in [-0.05, 0) is 24.3 Å². The van der Waals surface area contributed by atoms with Crippen molar-refractivity contribution in [1.29, 1.82) is 0 Å². The Balaban J connectivity index is 1.92. The van der Waals surface area contributed by atoms with Crippen molar-refractivity contribution in [1.82, 2.24) is 4.90 Å². The van der Waals surface area contributed by atoms with Gasteiger partial charge in [-0.25, -0.2) is 4.79 Å². The summed E-state index contributed by atoms with van der Waals surface area (Å²) < 4.78 is 16.1. The Morgan fingerprint density at radius 3 is 2.64 bits per heavy atom. The van der Waals surface area contributed by atoms with Gasteiger partial charge < -0.3 is 19.1 Å². The lowest BCUT2D eigenvalue weighted by Gasteiger charge is -2.12. The monoisotopic (exact) mass is 339 g/mol. The lowest BCUT2D eigenvalue weighted by molar-refractivity contribution is 0.101. The Hall–Kier alpha value is -3.28. The summed E-state index contributed by atoms with van der Waals surface area (Å²) in [5.74, 6) is 1.33. The molecule has 128 valence electrons. The van der Waals surface area contributed by atoms with Gasteiger partial charge in [-0.3, -0.25) is 4.79 Å². The highest BCUT2D eigenvalue weighted by Gasteiger charge is 2.28. The summed E-state index contributed by atoms with van der Waals surface area (Å²) in [5, 5.41) is 0. The summed E-state index contributed by atoms with van der Waals surface area (Å²) in [6, 6.07) is 12.0. The quantitative estimate of drug-likeness (QED) is 0.802. The molecule has 2 aromatic rings. The van der Waals surface area contributed by atoms with Gasteiger partial charge in [0.2, 0.25) is 5.78 Å². The van der Waals surface area contributed by atoms with Gasteiger partial charge in [0.15, 0.2) is 5.76 Å². The molecule has 0 bridgehead atoms. The van der Waals surface area contributed by atoms with Crippen LogP contribution >= 0.6 is 0 Å². The molecule has 0 atom stereocenters. The molecule has 0 saturated heterocycles. The molecule has 0 aromatic heterocycles. The molecule has 0 unspecified atom stereocenters.